The second-order valence-corrected chi connectivity index (χ2v) is 5.80. The SMILES string of the molecule is COc1ccccc1NC(=O)c1nn(C)cc1N=Cc1ccc([N+](=O)[O-])cc1. The zero-order chi connectivity index (χ0) is 20.1. The average molecular weight is 379 g/mol. The van der Waals surface area contributed by atoms with Crippen molar-refractivity contribution in [2.75, 3.05) is 12.4 Å². The van der Waals surface area contributed by atoms with Gasteiger partial charge in [0.25, 0.3) is 11.6 Å². The second-order valence-electron chi connectivity index (χ2n) is 5.80. The molecule has 0 saturated carbocycles. The van der Waals surface area contributed by atoms with E-state index in [4.69, 9.17) is 4.74 Å². The van der Waals surface area contributed by atoms with Crippen LogP contribution in [0.3, 0.4) is 0 Å². The number of carbonyl (C=O) groups is 1. The number of benzene rings is 2. The van der Waals surface area contributed by atoms with Crippen molar-refractivity contribution in [3.8, 4) is 5.75 Å². The Bertz CT molecular complexity index is 1040. The average Bonchev–Trinajstić information content (AvgIpc) is 3.08. The molecule has 0 spiro atoms. The summed E-state index contributed by atoms with van der Waals surface area (Å²) in [6, 6.07) is 13.0. The van der Waals surface area contributed by atoms with E-state index in [9.17, 15) is 14.9 Å². The fraction of sp³-hybridized carbons (Fsp3) is 0.105. The maximum atomic E-state index is 12.7. The molecule has 0 aliphatic heterocycles. The van der Waals surface area contributed by atoms with Gasteiger partial charge in [0.15, 0.2) is 5.69 Å². The molecule has 1 heterocycles. The Morgan fingerprint density at radius 3 is 2.64 bits per heavy atom. The lowest BCUT2D eigenvalue weighted by Gasteiger charge is -2.08. The molecule has 1 aromatic heterocycles. The van der Waals surface area contributed by atoms with Gasteiger partial charge < -0.3 is 10.1 Å². The number of hydrogen-bond donors (Lipinski definition) is 1. The van der Waals surface area contributed by atoms with Gasteiger partial charge in [-0.2, -0.15) is 5.10 Å². The highest BCUT2D eigenvalue weighted by Gasteiger charge is 2.17. The number of nitrogens with zero attached hydrogens (tertiary/aromatic N) is 4. The standard InChI is InChI=1S/C19H17N5O4/c1-23-12-16(20-11-13-7-9-14(10-8-13)24(26)27)18(22-23)19(25)21-15-5-3-4-6-17(15)28-2/h3-12H,1-2H3,(H,21,25). The first-order chi connectivity index (χ1) is 13.5. The van der Waals surface area contributed by atoms with Crippen LogP contribution in [0.1, 0.15) is 16.1 Å². The molecule has 28 heavy (non-hydrogen) atoms. The molecule has 9 heteroatoms. The summed E-state index contributed by atoms with van der Waals surface area (Å²) in [6.07, 6.45) is 3.12. The van der Waals surface area contributed by atoms with Gasteiger partial charge >= 0.3 is 0 Å². The largest absolute Gasteiger partial charge is 0.495 e. The van der Waals surface area contributed by atoms with Gasteiger partial charge in [-0.05, 0) is 29.8 Å². The summed E-state index contributed by atoms with van der Waals surface area (Å²) in [5.74, 6) is 0.101. The van der Waals surface area contributed by atoms with Gasteiger partial charge in [-0.3, -0.25) is 24.6 Å². The third kappa shape index (κ3) is 4.21. The van der Waals surface area contributed by atoms with Gasteiger partial charge in [0, 0.05) is 25.4 Å². The van der Waals surface area contributed by atoms with Gasteiger partial charge in [-0.1, -0.05) is 12.1 Å². The van der Waals surface area contributed by atoms with Crippen LogP contribution < -0.4 is 10.1 Å². The number of non-ortho nitro benzene ring substituents is 1. The van der Waals surface area contributed by atoms with Gasteiger partial charge in [0.05, 0.1) is 23.9 Å². The monoisotopic (exact) mass is 379 g/mol. The summed E-state index contributed by atoms with van der Waals surface area (Å²) < 4.78 is 6.72. The molecule has 0 aliphatic rings. The maximum absolute atomic E-state index is 12.7. The molecule has 0 fully saturated rings. The quantitative estimate of drug-likeness (QED) is 0.401. The van der Waals surface area contributed by atoms with Crippen LogP contribution in [-0.4, -0.2) is 33.9 Å². The van der Waals surface area contributed by atoms with Crippen LogP contribution in [0.15, 0.2) is 59.7 Å². The number of nitro benzene ring substituents is 1. The first kappa shape index (κ1) is 18.8. The van der Waals surface area contributed by atoms with Gasteiger partial charge in [0.1, 0.15) is 11.4 Å². The Morgan fingerprint density at radius 2 is 1.96 bits per heavy atom. The molecule has 2 aromatic carbocycles. The first-order valence-electron chi connectivity index (χ1n) is 8.24. The molecule has 0 radical (unpaired) electrons. The molecule has 0 bridgehead atoms. The smallest absolute Gasteiger partial charge is 0.278 e. The third-order valence-electron chi connectivity index (χ3n) is 3.84. The number of carbonyl (C=O) groups excluding carboxylic acids is 1. The summed E-state index contributed by atoms with van der Waals surface area (Å²) in [4.78, 5) is 27.2. The molecular formula is C19H17N5O4. The summed E-state index contributed by atoms with van der Waals surface area (Å²) in [6.45, 7) is 0. The molecule has 0 unspecified atom stereocenters. The van der Waals surface area contributed by atoms with Crippen LogP contribution in [0.4, 0.5) is 17.1 Å². The van der Waals surface area contributed by atoms with Gasteiger partial charge in [-0.25, -0.2) is 0 Å². The number of ether oxygens (including phenoxy) is 1. The highest BCUT2D eigenvalue weighted by atomic mass is 16.6. The van der Waals surface area contributed by atoms with Crippen molar-refractivity contribution in [1.29, 1.82) is 0 Å². The number of aromatic nitrogens is 2. The van der Waals surface area contributed by atoms with Crippen molar-refractivity contribution in [1.82, 2.24) is 9.78 Å². The fourth-order valence-electron chi connectivity index (χ4n) is 2.49. The Morgan fingerprint density at radius 1 is 1.25 bits per heavy atom. The third-order valence-corrected chi connectivity index (χ3v) is 3.84. The lowest BCUT2D eigenvalue weighted by Crippen LogP contribution is -2.14. The molecule has 0 saturated heterocycles. The Hall–Kier alpha value is -4.01. The Labute approximate surface area is 160 Å². The van der Waals surface area contributed by atoms with Gasteiger partial charge in [-0.15, -0.1) is 0 Å². The van der Waals surface area contributed by atoms with E-state index in [2.05, 4.69) is 15.4 Å². The number of aryl methyl sites for hydroxylation is 1. The van der Waals surface area contributed by atoms with Crippen LogP contribution in [0.25, 0.3) is 0 Å². The highest BCUT2D eigenvalue weighted by molar-refractivity contribution is 6.07. The first-order valence-corrected chi connectivity index (χ1v) is 8.24. The lowest BCUT2D eigenvalue weighted by molar-refractivity contribution is -0.384. The van der Waals surface area contributed by atoms with E-state index in [1.807, 2.05) is 0 Å². The summed E-state index contributed by atoms with van der Waals surface area (Å²) in [7, 11) is 3.20. The number of para-hydroxylation sites is 2. The van der Waals surface area contributed by atoms with Crippen LogP contribution in [-0.2, 0) is 7.05 Å². The van der Waals surface area contributed by atoms with E-state index < -0.39 is 10.8 Å². The van der Waals surface area contributed by atoms with Crippen molar-refractivity contribution >= 4 is 29.2 Å². The number of nitrogens with one attached hydrogen (secondary N) is 1. The van der Waals surface area contributed by atoms with Gasteiger partial charge in [0.2, 0.25) is 0 Å². The number of rotatable bonds is 6. The number of aliphatic imine (C=N–C) groups is 1. The van der Waals surface area contributed by atoms with E-state index in [1.54, 1.807) is 49.6 Å². The minimum absolute atomic E-state index is 0.00426. The fourth-order valence-corrected chi connectivity index (χ4v) is 2.49. The van der Waals surface area contributed by atoms with Crippen molar-refractivity contribution in [2.45, 2.75) is 0 Å². The summed E-state index contributed by atoms with van der Waals surface area (Å²) in [5, 5.41) is 17.7. The number of hydrogen-bond acceptors (Lipinski definition) is 6. The molecule has 3 rings (SSSR count). The van der Waals surface area contributed by atoms with Crippen molar-refractivity contribution in [3.05, 3.63) is 76.1 Å². The van der Waals surface area contributed by atoms with Crippen molar-refractivity contribution in [3.63, 3.8) is 0 Å². The summed E-state index contributed by atoms with van der Waals surface area (Å²) >= 11 is 0. The molecule has 0 atom stereocenters. The van der Waals surface area contributed by atoms with E-state index in [-0.39, 0.29) is 11.4 Å². The normalized spacial score (nSPS) is 10.8. The van der Waals surface area contributed by atoms with Crippen LogP contribution >= 0.6 is 0 Å². The predicted octanol–water partition coefficient (Wildman–Crippen LogP) is 3.34. The molecule has 1 N–H and O–H groups in total. The molecule has 1 amide bonds. The minimum atomic E-state index is -0.470. The zero-order valence-corrected chi connectivity index (χ0v) is 15.2. The Kier molecular flexibility index (Phi) is 5.45. The van der Waals surface area contributed by atoms with E-state index in [0.29, 0.717) is 22.7 Å². The van der Waals surface area contributed by atoms with E-state index >= 15 is 0 Å². The molecule has 0 aliphatic carbocycles. The number of amides is 1. The second kappa shape index (κ2) is 8.12. The maximum Gasteiger partial charge on any atom is 0.278 e. The minimum Gasteiger partial charge on any atom is -0.495 e. The molecule has 142 valence electrons. The van der Waals surface area contributed by atoms with Crippen molar-refractivity contribution in [2.24, 2.45) is 12.0 Å². The summed E-state index contributed by atoms with van der Waals surface area (Å²) in [5.41, 5.74) is 1.69. The van der Waals surface area contributed by atoms with Crippen LogP contribution in [0.2, 0.25) is 0 Å². The lowest BCUT2D eigenvalue weighted by atomic mass is 10.2. The number of methoxy groups -OCH3 is 1. The van der Waals surface area contributed by atoms with Crippen molar-refractivity contribution < 1.29 is 14.5 Å². The zero-order valence-electron chi connectivity index (χ0n) is 15.2. The molecule has 3 aromatic rings. The number of anilines is 1. The topological polar surface area (TPSA) is 112 Å². The van der Waals surface area contributed by atoms with Crippen LogP contribution in [0, 0.1) is 10.1 Å². The van der Waals surface area contributed by atoms with E-state index in [0.717, 1.165) is 0 Å². The number of nitro groups is 1. The molecule has 9 nitrogen and oxygen atoms in total. The van der Waals surface area contributed by atoms with E-state index in [1.165, 1.54) is 30.1 Å². The molecular weight excluding hydrogens is 362 g/mol. The van der Waals surface area contributed by atoms with Crippen LogP contribution in [0.5, 0.6) is 5.75 Å². The highest BCUT2D eigenvalue weighted by Crippen LogP contribution is 2.25. The Balaban J connectivity index is 1.82. The predicted molar refractivity (Wildman–Crippen MR) is 105 cm³/mol.